The van der Waals surface area contributed by atoms with Crippen molar-refractivity contribution in [2.45, 2.75) is 0 Å². The van der Waals surface area contributed by atoms with Crippen LogP contribution in [0.4, 0.5) is 0 Å². The van der Waals surface area contributed by atoms with E-state index in [9.17, 15) is 9.59 Å². The summed E-state index contributed by atoms with van der Waals surface area (Å²) < 4.78 is 11.6. The largest absolute Gasteiger partial charge is 0.465 e. The average Bonchev–Trinajstić information content (AvgIpc) is 2.47. The van der Waals surface area contributed by atoms with Gasteiger partial charge in [0, 0.05) is 6.07 Å². The first-order valence-corrected chi connectivity index (χ1v) is 5.96. The van der Waals surface area contributed by atoms with E-state index >= 15 is 0 Å². The van der Waals surface area contributed by atoms with Crippen LogP contribution in [0, 0.1) is 0 Å². The van der Waals surface area contributed by atoms with E-state index in [4.69, 9.17) is 4.74 Å². The molecule has 0 saturated heterocycles. The maximum atomic E-state index is 12.0. The van der Waals surface area contributed by atoms with Crippen molar-refractivity contribution < 1.29 is 23.6 Å². The van der Waals surface area contributed by atoms with E-state index in [1.54, 1.807) is 60.4 Å². The van der Waals surface area contributed by atoms with Gasteiger partial charge in [-0.3, -0.25) is 0 Å². The number of carbonyl (C=O) groups is 2. The number of rotatable bonds is 3. The molecule has 1 heterocycles. The minimum atomic E-state index is -0.549. The van der Waals surface area contributed by atoms with E-state index in [0.717, 1.165) is 0 Å². The van der Waals surface area contributed by atoms with Crippen LogP contribution in [0.3, 0.4) is 0 Å². The van der Waals surface area contributed by atoms with Crippen molar-refractivity contribution >= 4 is 11.9 Å². The number of benzene rings is 1. The Morgan fingerprint density at radius 3 is 2.50 bits per heavy atom. The molecule has 0 aliphatic carbocycles. The van der Waals surface area contributed by atoms with Gasteiger partial charge in [0.1, 0.15) is 23.9 Å². The minimum Gasteiger partial charge on any atom is -0.465 e. The maximum Gasteiger partial charge on any atom is 0.349 e. The number of aromatic nitrogens is 1. The van der Waals surface area contributed by atoms with Gasteiger partial charge in [-0.25, -0.2) is 14.2 Å². The Morgan fingerprint density at radius 2 is 1.80 bits per heavy atom. The number of nitrogens with zero attached hydrogens (tertiary/aromatic N) is 1. The molecule has 0 saturated carbocycles. The fraction of sp³-hybridized carbons (Fsp3) is 0.133. The van der Waals surface area contributed by atoms with Crippen LogP contribution in [0.5, 0.6) is 5.75 Å². The Hall–Kier alpha value is -2.69. The van der Waals surface area contributed by atoms with Crippen LogP contribution in [0.15, 0.2) is 48.8 Å². The monoisotopic (exact) mass is 272 g/mol. The molecule has 102 valence electrons. The van der Waals surface area contributed by atoms with Crippen molar-refractivity contribution in [2.24, 2.45) is 7.05 Å². The molecule has 0 amide bonds. The number of methoxy groups -OCH3 is 1. The third-order valence-electron chi connectivity index (χ3n) is 2.67. The van der Waals surface area contributed by atoms with Gasteiger partial charge in [0.05, 0.1) is 7.11 Å². The number of para-hydroxylation sites is 1. The Morgan fingerprint density at radius 1 is 1.05 bits per heavy atom. The summed E-state index contributed by atoms with van der Waals surface area (Å²) in [5.41, 5.74) is 0.610. The standard InChI is InChI=1S/C15H14NO4/c1-16-9-5-6-11(10-16)14(17)20-13-8-4-3-7-12(13)15(18)19-2/h3-10H,1-2H3/q+1. The summed E-state index contributed by atoms with van der Waals surface area (Å²) >= 11 is 0. The second-order valence-electron chi connectivity index (χ2n) is 4.14. The smallest absolute Gasteiger partial charge is 0.349 e. The van der Waals surface area contributed by atoms with Crippen LogP contribution in [0.2, 0.25) is 0 Å². The first-order chi connectivity index (χ1) is 9.61. The number of hydrogen-bond donors (Lipinski definition) is 0. The number of ether oxygens (including phenoxy) is 2. The summed E-state index contributed by atoms with van der Waals surface area (Å²) in [5, 5.41) is 0. The van der Waals surface area contributed by atoms with Gasteiger partial charge in [-0.05, 0) is 18.2 Å². The molecule has 2 aromatic rings. The molecule has 0 fully saturated rings. The molecule has 0 spiro atoms. The lowest BCUT2D eigenvalue weighted by Crippen LogP contribution is -2.28. The van der Waals surface area contributed by atoms with Crippen LogP contribution in [-0.2, 0) is 11.8 Å². The van der Waals surface area contributed by atoms with Gasteiger partial charge in [-0.1, -0.05) is 12.1 Å². The molecule has 0 aliphatic rings. The molecule has 2 rings (SSSR count). The maximum absolute atomic E-state index is 12.0. The molecule has 5 nitrogen and oxygen atoms in total. The predicted molar refractivity (Wildman–Crippen MR) is 70.4 cm³/mol. The molecule has 0 atom stereocenters. The molecule has 0 unspecified atom stereocenters. The summed E-state index contributed by atoms with van der Waals surface area (Å²) in [7, 11) is 3.08. The van der Waals surface area contributed by atoms with E-state index in [2.05, 4.69) is 4.74 Å². The van der Waals surface area contributed by atoms with Crippen LogP contribution < -0.4 is 9.30 Å². The highest BCUT2D eigenvalue weighted by Gasteiger charge is 2.17. The first kappa shape index (κ1) is 13.7. The molecule has 0 N–H and O–H groups in total. The second kappa shape index (κ2) is 5.97. The zero-order chi connectivity index (χ0) is 14.5. The second-order valence-corrected chi connectivity index (χ2v) is 4.14. The van der Waals surface area contributed by atoms with Gasteiger partial charge in [0.2, 0.25) is 0 Å². The summed E-state index contributed by atoms with van der Waals surface area (Å²) in [6.07, 6.45) is 3.45. The van der Waals surface area contributed by atoms with E-state index in [1.165, 1.54) is 7.11 Å². The van der Waals surface area contributed by atoms with Crippen LogP contribution in [-0.4, -0.2) is 19.0 Å². The molecular weight excluding hydrogens is 258 g/mol. The zero-order valence-corrected chi connectivity index (χ0v) is 11.2. The summed E-state index contributed by atoms with van der Waals surface area (Å²) in [6, 6.07) is 9.82. The fourth-order valence-electron chi connectivity index (χ4n) is 1.70. The Labute approximate surface area is 116 Å². The lowest BCUT2D eigenvalue weighted by molar-refractivity contribution is -0.671. The van der Waals surface area contributed by atoms with Gasteiger partial charge in [0.25, 0.3) is 0 Å². The topological polar surface area (TPSA) is 56.5 Å². The van der Waals surface area contributed by atoms with Crippen molar-refractivity contribution in [1.82, 2.24) is 0 Å². The average molecular weight is 272 g/mol. The highest BCUT2D eigenvalue weighted by atomic mass is 16.5. The number of aryl methyl sites for hydroxylation is 1. The number of pyridine rings is 1. The van der Waals surface area contributed by atoms with E-state index in [1.807, 2.05) is 0 Å². The Balaban J connectivity index is 2.26. The molecule has 0 aliphatic heterocycles. The van der Waals surface area contributed by atoms with Gasteiger partial charge in [-0.2, -0.15) is 0 Å². The van der Waals surface area contributed by atoms with Crippen molar-refractivity contribution in [1.29, 1.82) is 0 Å². The highest BCUT2D eigenvalue weighted by Crippen LogP contribution is 2.19. The molecule has 20 heavy (non-hydrogen) atoms. The number of hydrogen-bond acceptors (Lipinski definition) is 4. The quantitative estimate of drug-likeness (QED) is 0.483. The van der Waals surface area contributed by atoms with Gasteiger partial charge in [0.15, 0.2) is 12.4 Å². The van der Waals surface area contributed by atoms with Gasteiger partial charge in [-0.15, -0.1) is 0 Å². The minimum absolute atomic E-state index is 0.177. The molecule has 0 bridgehead atoms. The summed E-state index contributed by atoms with van der Waals surface area (Å²) in [6.45, 7) is 0. The van der Waals surface area contributed by atoms with Crippen molar-refractivity contribution in [3.63, 3.8) is 0 Å². The fourth-order valence-corrected chi connectivity index (χ4v) is 1.70. The van der Waals surface area contributed by atoms with E-state index in [0.29, 0.717) is 5.56 Å². The molecule has 1 aromatic carbocycles. The molecular formula is C15H14NO4+. The lowest BCUT2D eigenvalue weighted by atomic mass is 10.2. The summed E-state index contributed by atoms with van der Waals surface area (Å²) in [5.74, 6) is -0.902. The van der Waals surface area contributed by atoms with E-state index in [-0.39, 0.29) is 11.3 Å². The predicted octanol–water partition coefficient (Wildman–Crippen LogP) is 1.52. The number of esters is 2. The van der Waals surface area contributed by atoms with Crippen molar-refractivity contribution in [3.8, 4) is 5.75 Å². The first-order valence-electron chi connectivity index (χ1n) is 5.96. The zero-order valence-electron chi connectivity index (χ0n) is 11.2. The van der Waals surface area contributed by atoms with Crippen LogP contribution >= 0.6 is 0 Å². The van der Waals surface area contributed by atoms with Crippen LogP contribution in [0.1, 0.15) is 20.7 Å². The third-order valence-corrected chi connectivity index (χ3v) is 2.67. The van der Waals surface area contributed by atoms with Gasteiger partial charge >= 0.3 is 11.9 Å². The van der Waals surface area contributed by atoms with Crippen LogP contribution in [0.25, 0.3) is 0 Å². The van der Waals surface area contributed by atoms with Crippen molar-refractivity contribution in [3.05, 3.63) is 59.9 Å². The lowest BCUT2D eigenvalue weighted by Gasteiger charge is -2.07. The Kier molecular flexibility index (Phi) is 4.10. The van der Waals surface area contributed by atoms with E-state index < -0.39 is 11.9 Å². The number of carbonyl (C=O) groups excluding carboxylic acids is 2. The summed E-state index contributed by atoms with van der Waals surface area (Å²) in [4.78, 5) is 23.6. The molecule has 5 heteroatoms. The normalized spacial score (nSPS) is 9.90. The SMILES string of the molecule is COC(=O)c1ccccc1OC(=O)c1ccc[n+](C)c1. The highest BCUT2D eigenvalue weighted by molar-refractivity contribution is 5.95. The third kappa shape index (κ3) is 3.00. The van der Waals surface area contributed by atoms with Gasteiger partial charge < -0.3 is 9.47 Å². The molecule has 1 aromatic heterocycles. The molecule has 0 radical (unpaired) electrons. The Bertz CT molecular complexity index is 652. The van der Waals surface area contributed by atoms with Crippen molar-refractivity contribution in [2.75, 3.05) is 7.11 Å².